The van der Waals surface area contributed by atoms with Crippen LogP contribution in [-0.4, -0.2) is 17.6 Å². The Hall–Kier alpha value is -2.07. The van der Waals surface area contributed by atoms with Crippen molar-refractivity contribution in [2.45, 2.75) is 32.7 Å². The Balaban J connectivity index is 2.22. The van der Waals surface area contributed by atoms with Gasteiger partial charge in [-0.1, -0.05) is 25.1 Å². The van der Waals surface area contributed by atoms with E-state index in [1.165, 1.54) is 0 Å². The smallest absolute Gasteiger partial charge is 0.222 e. The number of rotatable bonds is 7. The van der Waals surface area contributed by atoms with Crippen LogP contribution < -0.4 is 15.2 Å². The Bertz CT molecular complexity index is 570. The minimum atomic E-state index is 0.0585. The van der Waals surface area contributed by atoms with Gasteiger partial charge in [0.15, 0.2) is 11.5 Å². The standard InChI is InChI=1S/C17H22N2O2/c1-3-11-20-15-8-4-5-9-16(15)21-17-14(12-13(2)18)7-6-10-19-17/h4-10,13H,3,11-12,18H2,1-2H3. The van der Waals surface area contributed by atoms with Crippen LogP contribution in [0.1, 0.15) is 25.8 Å². The van der Waals surface area contributed by atoms with Gasteiger partial charge in [-0.15, -0.1) is 0 Å². The molecule has 0 bridgehead atoms. The molecular formula is C17H22N2O2. The van der Waals surface area contributed by atoms with Crippen LogP contribution in [0.2, 0.25) is 0 Å². The molecule has 0 spiro atoms. The molecule has 4 heteroatoms. The highest BCUT2D eigenvalue weighted by Crippen LogP contribution is 2.32. The lowest BCUT2D eigenvalue weighted by Crippen LogP contribution is -2.18. The Kier molecular flexibility index (Phi) is 5.58. The fourth-order valence-electron chi connectivity index (χ4n) is 1.99. The normalized spacial score (nSPS) is 12.0. The number of pyridine rings is 1. The molecule has 0 fully saturated rings. The van der Waals surface area contributed by atoms with Gasteiger partial charge in [0.05, 0.1) is 6.61 Å². The molecule has 0 saturated heterocycles. The third-order valence-electron chi connectivity index (χ3n) is 2.91. The van der Waals surface area contributed by atoms with Gasteiger partial charge >= 0.3 is 0 Å². The van der Waals surface area contributed by atoms with Crippen LogP contribution in [0, 0.1) is 0 Å². The van der Waals surface area contributed by atoms with E-state index in [0.29, 0.717) is 18.2 Å². The third kappa shape index (κ3) is 4.46. The zero-order chi connectivity index (χ0) is 15.1. The lowest BCUT2D eigenvalue weighted by molar-refractivity contribution is 0.300. The zero-order valence-electron chi connectivity index (χ0n) is 12.6. The summed E-state index contributed by atoms with van der Waals surface area (Å²) in [6.45, 7) is 4.70. The Morgan fingerprint density at radius 1 is 1.14 bits per heavy atom. The van der Waals surface area contributed by atoms with Crippen molar-refractivity contribution in [2.24, 2.45) is 5.73 Å². The van der Waals surface area contributed by atoms with Crippen LogP contribution in [-0.2, 0) is 6.42 Å². The Morgan fingerprint density at radius 2 is 1.90 bits per heavy atom. The lowest BCUT2D eigenvalue weighted by Gasteiger charge is -2.14. The molecule has 1 atom stereocenters. The van der Waals surface area contributed by atoms with Gasteiger partial charge in [-0.3, -0.25) is 0 Å². The maximum Gasteiger partial charge on any atom is 0.222 e. The van der Waals surface area contributed by atoms with Crippen molar-refractivity contribution in [3.05, 3.63) is 48.2 Å². The molecule has 2 N–H and O–H groups in total. The van der Waals surface area contributed by atoms with E-state index < -0.39 is 0 Å². The minimum Gasteiger partial charge on any atom is -0.490 e. The molecule has 0 aliphatic rings. The van der Waals surface area contributed by atoms with E-state index in [1.807, 2.05) is 43.3 Å². The number of hydrogen-bond donors (Lipinski definition) is 1. The molecule has 1 heterocycles. The highest BCUT2D eigenvalue weighted by atomic mass is 16.5. The largest absolute Gasteiger partial charge is 0.490 e. The molecule has 112 valence electrons. The zero-order valence-corrected chi connectivity index (χ0v) is 12.6. The molecule has 0 amide bonds. The van der Waals surface area contributed by atoms with Crippen molar-refractivity contribution in [1.29, 1.82) is 0 Å². The first-order valence-electron chi connectivity index (χ1n) is 7.30. The summed E-state index contributed by atoms with van der Waals surface area (Å²) in [5, 5.41) is 0. The van der Waals surface area contributed by atoms with Gasteiger partial charge in [-0.2, -0.15) is 0 Å². The van der Waals surface area contributed by atoms with Crippen molar-refractivity contribution in [2.75, 3.05) is 6.61 Å². The monoisotopic (exact) mass is 286 g/mol. The van der Waals surface area contributed by atoms with Gasteiger partial charge in [0.1, 0.15) is 0 Å². The number of nitrogens with zero attached hydrogens (tertiary/aromatic N) is 1. The molecule has 1 unspecified atom stereocenters. The van der Waals surface area contributed by atoms with Crippen LogP contribution >= 0.6 is 0 Å². The minimum absolute atomic E-state index is 0.0585. The molecule has 1 aromatic carbocycles. The molecule has 2 aromatic rings. The van der Waals surface area contributed by atoms with Crippen LogP contribution in [0.4, 0.5) is 0 Å². The number of aromatic nitrogens is 1. The summed E-state index contributed by atoms with van der Waals surface area (Å²) in [4.78, 5) is 4.32. The lowest BCUT2D eigenvalue weighted by atomic mass is 10.1. The second-order valence-electron chi connectivity index (χ2n) is 5.05. The highest BCUT2D eigenvalue weighted by Gasteiger charge is 2.11. The molecule has 0 saturated carbocycles. The number of ether oxygens (including phenoxy) is 2. The van der Waals surface area contributed by atoms with Gasteiger partial charge in [0.25, 0.3) is 0 Å². The number of hydrogen-bond acceptors (Lipinski definition) is 4. The topological polar surface area (TPSA) is 57.4 Å². The van der Waals surface area contributed by atoms with Gasteiger partial charge < -0.3 is 15.2 Å². The first kappa shape index (κ1) is 15.3. The van der Waals surface area contributed by atoms with E-state index in [2.05, 4.69) is 11.9 Å². The molecule has 1 aromatic heterocycles. The summed E-state index contributed by atoms with van der Waals surface area (Å²) in [5.41, 5.74) is 6.87. The van der Waals surface area contributed by atoms with Gasteiger partial charge in [0.2, 0.25) is 5.88 Å². The Labute approximate surface area is 125 Å². The van der Waals surface area contributed by atoms with Crippen LogP contribution in [0.15, 0.2) is 42.6 Å². The number of nitrogens with two attached hydrogens (primary N) is 1. The number of benzene rings is 1. The van der Waals surface area contributed by atoms with Crippen molar-refractivity contribution in [3.8, 4) is 17.4 Å². The molecule has 0 aliphatic heterocycles. The first-order chi connectivity index (χ1) is 10.2. The molecule has 0 radical (unpaired) electrons. The SMILES string of the molecule is CCCOc1ccccc1Oc1ncccc1CC(C)N. The first-order valence-corrected chi connectivity index (χ1v) is 7.30. The summed E-state index contributed by atoms with van der Waals surface area (Å²) in [5.74, 6) is 2.00. The van der Waals surface area contributed by atoms with E-state index in [9.17, 15) is 0 Å². The highest BCUT2D eigenvalue weighted by molar-refractivity contribution is 5.43. The summed E-state index contributed by atoms with van der Waals surface area (Å²) >= 11 is 0. The van der Waals surface area contributed by atoms with Crippen molar-refractivity contribution < 1.29 is 9.47 Å². The summed E-state index contributed by atoms with van der Waals surface area (Å²) < 4.78 is 11.6. The molecule has 4 nitrogen and oxygen atoms in total. The fraction of sp³-hybridized carbons (Fsp3) is 0.353. The van der Waals surface area contributed by atoms with E-state index in [4.69, 9.17) is 15.2 Å². The van der Waals surface area contributed by atoms with E-state index in [-0.39, 0.29) is 6.04 Å². The second kappa shape index (κ2) is 7.64. The summed E-state index contributed by atoms with van der Waals surface area (Å²) in [6.07, 6.45) is 3.39. The third-order valence-corrected chi connectivity index (χ3v) is 2.91. The van der Waals surface area contributed by atoms with E-state index >= 15 is 0 Å². The molecular weight excluding hydrogens is 264 g/mol. The van der Waals surface area contributed by atoms with Crippen LogP contribution in [0.3, 0.4) is 0 Å². The average molecular weight is 286 g/mol. The van der Waals surface area contributed by atoms with Gasteiger partial charge in [-0.05, 0) is 38.0 Å². The predicted octanol–water partition coefficient (Wildman–Crippen LogP) is 3.55. The molecule has 21 heavy (non-hydrogen) atoms. The summed E-state index contributed by atoms with van der Waals surface area (Å²) in [6, 6.07) is 11.6. The quantitative estimate of drug-likeness (QED) is 0.845. The van der Waals surface area contributed by atoms with Crippen molar-refractivity contribution in [3.63, 3.8) is 0 Å². The van der Waals surface area contributed by atoms with E-state index in [1.54, 1.807) is 6.20 Å². The van der Waals surface area contributed by atoms with Crippen molar-refractivity contribution in [1.82, 2.24) is 4.98 Å². The average Bonchev–Trinajstić information content (AvgIpc) is 2.48. The van der Waals surface area contributed by atoms with Crippen LogP contribution in [0.25, 0.3) is 0 Å². The van der Waals surface area contributed by atoms with Gasteiger partial charge in [0, 0.05) is 17.8 Å². The molecule has 2 rings (SSSR count). The maximum atomic E-state index is 5.95. The van der Waals surface area contributed by atoms with Gasteiger partial charge in [-0.25, -0.2) is 4.98 Å². The second-order valence-corrected chi connectivity index (χ2v) is 5.05. The predicted molar refractivity (Wildman–Crippen MR) is 83.9 cm³/mol. The fourth-order valence-corrected chi connectivity index (χ4v) is 1.99. The Morgan fingerprint density at radius 3 is 2.62 bits per heavy atom. The molecule has 0 aliphatic carbocycles. The number of para-hydroxylation sites is 2. The van der Waals surface area contributed by atoms with Crippen molar-refractivity contribution >= 4 is 0 Å². The van der Waals surface area contributed by atoms with Crippen LogP contribution in [0.5, 0.6) is 17.4 Å². The van der Waals surface area contributed by atoms with E-state index in [0.717, 1.165) is 24.2 Å². The maximum absolute atomic E-state index is 5.95. The summed E-state index contributed by atoms with van der Waals surface area (Å²) in [7, 11) is 0.